The molecule has 2 aromatic rings. The van der Waals surface area contributed by atoms with Crippen LogP contribution >= 0.6 is 11.6 Å². The van der Waals surface area contributed by atoms with E-state index in [2.05, 4.69) is 47.9 Å². The molecular formula is C17H19ClN2. The Morgan fingerprint density at radius 3 is 2.25 bits per heavy atom. The summed E-state index contributed by atoms with van der Waals surface area (Å²) in [5.41, 5.74) is 5.87. The zero-order chi connectivity index (χ0) is 14.0. The number of hydrazine groups is 1. The summed E-state index contributed by atoms with van der Waals surface area (Å²) in [7, 11) is 0. The van der Waals surface area contributed by atoms with Crippen molar-refractivity contribution >= 4 is 11.6 Å². The highest BCUT2D eigenvalue weighted by molar-refractivity contribution is 6.30. The zero-order valence-electron chi connectivity index (χ0n) is 11.4. The zero-order valence-corrected chi connectivity index (χ0v) is 12.1. The smallest absolute Gasteiger partial charge is 0.0406 e. The van der Waals surface area contributed by atoms with Crippen LogP contribution in [0.3, 0.4) is 0 Å². The topological polar surface area (TPSA) is 38.0 Å². The number of nitrogens with one attached hydrogen (secondary N) is 1. The first-order chi connectivity index (χ1) is 9.74. The normalized spacial score (nSPS) is 17.7. The molecule has 3 N–H and O–H groups in total. The third-order valence-electron chi connectivity index (χ3n) is 4.36. The second kappa shape index (κ2) is 5.57. The molecule has 1 aliphatic rings. The van der Waals surface area contributed by atoms with Gasteiger partial charge in [-0.3, -0.25) is 11.3 Å². The Morgan fingerprint density at radius 2 is 1.70 bits per heavy atom. The third-order valence-corrected chi connectivity index (χ3v) is 4.61. The molecule has 0 amide bonds. The Bertz CT molecular complexity index is 561. The highest BCUT2D eigenvalue weighted by Gasteiger charge is 2.50. The average Bonchev–Trinajstić information content (AvgIpc) is 3.29. The van der Waals surface area contributed by atoms with Gasteiger partial charge in [0.2, 0.25) is 0 Å². The Hall–Kier alpha value is -1.35. The fourth-order valence-electron chi connectivity index (χ4n) is 3.01. The van der Waals surface area contributed by atoms with Gasteiger partial charge in [0.15, 0.2) is 0 Å². The highest BCUT2D eigenvalue weighted by Crippen LogP contribution is 2.51. The summed E-state index contributed by atoms with van der Waals surface area (Å²) in [6, 6.07) is 19.0. The van der Waals surface area contributed by atoms with Crippen LogP contribution in [0.25, 0.3) is 0 Å². The van der Waals surface area contributed by atoms with E-state index in [1.807, 2.05) is 12.1 Å². The van der Waals surface area contributed by atoms with Crippen molar-refractivity contribution in [1.82, 2.24) is 5.43 Å². The summed E-state index contributed by atoms with van der Waals surface area (Å²) in [6.07, 6.45) is 3.31. The first-order valence-electron chi connectivity index (χ1n) is 7.01. The molecule has 20 heavy (non-hydrogen) atoms. The van der Waals surface area contributed by atoms with Gasteiger partial charge in [0.1, 0.15) is 0 Å². The molecule has 0 radical (unpaired) electrons. The van der Waals surface area contributed by atoms with Crippen molar-refractivity contribution in [2.24, 2.45) is 5.84 Å². The first kappa shape index (κ1) is 13.6. The van der Waals surface area contributed by atoms with Gasteiger partial charge in [0.25, 0.3) is 0 Å². The number of benzene rings is 2. The second-order valence-corrected chi connectivity index (χ2v) is 6.01. The number of hydrogen-bond acceptors (Lipinski definition) is 2. The lowest BCUT2D eigenvalue weighted by molar-refractivity contribution is 0.421. The van der Waals surface area contributed by atoms with E-state index in [4.69, 9.17) is 17.4 Å². The van der Waals surface area contributed by atoms with Crippen LogP contribution in [-0.4, -0.2) is 6.04 Å². The molecule has 0 aliphatic heterocycles. The monoisotopic (exact) mass is 286 g/mol. The Kier molecular flexibility index (Phi) is 3.79. The van der Waals surface area contributed by atoms with Crippen molar-refractivity contribution in [3.63, 3.8) is 0 Å². The van der Waals surface area contributed by atoms with Gasteiger partial charge in [-0.05, 0) is 42.5 Å². The van der Waals surface area contributed by atoms with E-state index in [0.29, 0.717) is 0 Å². The SMILES string of the molecule is NNC(Cc1ccc(Cl)cc1)C1(c2ccccc2)CC1. The minimum absolute atomic E-state index is 0.190. The molecule has 1 atom stereocenters. The number of rotatable bonds is 5. The quantitative estimate of drug-likeness (QED) is 0.653. The van der Waals surface area contributed by atoms with Gasteiger partial charge < -0.3 is 0 Å². The minimum Gasteiger partial charge on any atom is -0.271 e. The van der Waals surface area contributed by atoms with Crippen LogP contribution in [0.1, 0.15) is 24.0 Å². The Labute approximate surface area is 124 Å². The van der Waals surface area contributed by atoms with Gasteiger partial charge in [0, 0.05) is 16.5 Å². The van der Waals surface area contributed by atoms with Crippen LogP contribution in [0, 0.1) is 0 Å². The van der Waals surface area contributed by atoms with Crippen LogP contribution < -0.4 is 11.3 Å². The summed E-state index contributed by atoms with van der Waals surface area (Å²) in [5, 5.41) is 0.773. The van der Waals surface area contributed by atoms with Crippen LogP contribution in [-0.2, 0) is 11.8 Å². The van der Waals surface area contributed by atoms with E-state index in [1.165, 1.54) is 24.0 Å². The van der Waals surface area contributed by atoms with Crippen molar-refractivity contribution in [2.45, 2.75) is 30.7 Å². The maximum Gasteiger partial charge on any atom is 0.0406 e. The maximum absolute atomic E-state index is 5.94. The van der Waals surface area contributed by atoms with Gasteiger partial charge in [-0.2, -0.15) is 0 Å². The number of nitrogens with two attached hydrogens (primary N) is 1. The summed E-state index contributed by atoms with van der Waals surface area (Å²) in [4.78, 5) is 0. The minimum atomic E-state index is 0.190. The molecular weight excluding hydrogens is 268 g/mol. The van der Waals surface area contributed by atoms with Crippen LogP contribution in [0.2, 0.25) is 5.02 Å². The molecule has 2 nitrogen and oxygen atoms in total. The lowest BCUT2D eigenvalue weighted by Crippen LogP contribution is -2.45. The lowest BCUT2D eigenvalue weighted by Gasteiger charge is -2.27. The molecule has 0 aromatic heterocycles. The standard InChI is InChI=1S/C17H19ClN2/c18-15-8-6-13(7-9-15)12-16(20-19)17(10-11-17)14-4-2-1-3-5-14/h1-9,16,20H,10-12,19H2. The second-order valence-electron chi connectivity index (χ2n) is 5.57. The van der Waals surface area contributed by atoms with Crippen molar-refractivity contribution in [1.29, 1.82) is 0 Å². The van der Waals surface area contributed by atoms with Gasteiger partial charge >= 0.3 is 0 Å². The van der Waals surface area contributed by atoms with Crippen LogP contribution in [0.4, 0.5) is 0 Å². The summed E-state index contributed by atoms with van der Waals surface area (Å²) >= 11 is 5.94. The predicted octanol–water partition coefficient (Wildman–Crippen LogP) is 3.45. The molecule has 3 rings (SSSR count). The van der Waals surface area contributed by atoms with E-state index in [1.54, 1.807) is 0 Å². The molecule has 1 unspecified atom stereocenters. The van der Waals surface area contributed by atoms with Crippen LogP contribution in [0.15, 0.2) is 54.6 Å². The van der Waals surface area contributed by atoms with Crippen molar-refractivity contribution in [3.05, 3.63) is 70.7 Å². The van der Waals surface area contributed by atoms with Crippen LogP contribution in [0.5, 0.6) is 0 Å². The molecule has 1 saturated carbocycles. The molecule has 104 valence electrons. The Morgan fingerprint density at radius 1 is 1.05 bits per heavy atom. The van der Waals surface area contributed by atoms with E-state index < -0.39 is 0 Å². The lowest BCUT2D eigenvalue weighted by atomic mass is 9.85. The molecule has 0 bridgehead atoms. The van der Waals surface area contributed by atoms with E-state index in [0.717, 1.165) is 11.4 Å². The fraction of sp³-hybridized carbons (Fsp3) is 0.294. The maximum atomic E-state index is 5.94. The molecule has 3 heteroatoms. The molecule has 2 aromatic carbocycles. The van der Waals surface area contributed by atoms with E-state index in [9.17, 15) is 0 Å². The van der Waals surface area contributed by atoms with E-state index >= 15 is 0 Å². The molecule has 0 heterocycles. The van der Waals surface area contributed by atoms with Gasteiger partial charge in [0.05, 0.1) is 0 Å². The Balaban J connectivity index is 1.82. The molecule has 0 spiro atoms. The first-order valence-corrected chi connectivity index (χ1v) is 7.38. The van der Waals surface area contributed by atoms with Gasteiger partial charge in [-0.1, -0.05) is 54.1 Å². The largest absolute Gasteiger partial charge is 0.271 e. The fourth-order valence-corrected chi connectivity index (χ4v) is 3.14. The van der Waals surface area contributed by atoms with Crippen molar-refractivity contribution < 1.29 is 0 Å². The summed E-state index contributed by atoms with van der Waals surface area (Å²) in [6.45, 7) is 0. The number of hydrogen-bond donors (Lipinski definition) is 2. The van der Waals surface area contributed by atoms with Gasteiger partial charge in [-0.25, -0.2) is 0 Å². The third kappa shape index (κ3) is 2.59. The van der Waals surface area contributed by atoms with E-state index in [-0.39, 0.29) is 11.5 Å². The highest BCUT2D eigenvalue weighted by atomic mass is 35.5. The van der Waals surface area contributed by atoms with Crippen molar-refractivity contribution in [3.8, 4) is 0 Å². The molecule has 1 fully saturated rings. The summed E-state index contributed by atoms with van der Waals surface area (Å²) in [5.74, 6) is 5.84. The molecule has 1 aliphatic carbocycles. The number of halogens is 1. The van der Waals surface area contributed by atoms with Gasteiger partial charge in [-0.15, -0.1) is 0 Å². The molecule has 0 saturated heterocycles. The van der Waals surface area contributed by atoms with Crippen molar-refractivity contribution in [2.75, 3.05) is 0 Å². The average molecular weight is 287 g/mol. The summed E-state index contributed by atoms with van der Waals surface area (Å²) < 4.78 is 0. The predicted molar refractivity (Wildman–Crippen MR) is 83.6 cm³/mol.